The first-order chi connectivity index (χ1) is 16.5. The molecule has 1 aromatic rings. The Morgan fingerprint density at radius 1 is 1.15 bits per heavy atom. The minimum atomic E-state index is -0.350. The maximum Gasteiger partial charge on any atom is 0.409 e. The van der Waals surface area contributed by atoms with E-state index < -0.39 is 0 Å². The third kappa shape index (κ3) is 5.54. The van der Waals surface area contributed by atoms with E-state index in [0.29, 0.717) is 45.5 Å². The molecule has 3 aliphatic rings. The van der Waals surface area contributed by atoms with Crippen molar-refractivity contribution in [2.75, 3.05) is 32.8 Å². The molecule has 4 rings (SSSR count). The van der Waals surface area contributed by atoms with Gasteiger partial charge in [0.2, 0.25) is 11.8 Å². The highest BCUT2D eigenvalue weighted by Gasteiger charge is 2.47. The number of hydrogen-bond acceptors (Lipinski definition) is 6. The monoisotopic (exact) mass is 490 g/mol. The van der Waals surface area contributed by atoms with Crippen LogP contribution >= 0.6 is 11.3 Å². The van der Waals surface area contributed by atoms with Gasteiger partial charge in [0.15, 0.2) is 0 Å². The summed E-state index contributed by atoms with van der Waals surface area (Å²) in [6, 6.07) is 3.37. The van der Waals surface area contributed by atoms with E-state index in [1.165, 1.54) is 4.90 Å². The molecule has 0 bridgehead atoms. The predicted molar refractivity (Wildman–Crippen MR) is 127 cm³/mol. The number of likely N-dealkylation sites (tertiary alicyclic amines) is 1. The van der Waals surface area contributed by atoms with Crippen LogP contribution in [-0.4, -0.2) is 83.5 Å². The second kappa shape index (κ2) is 11.2. The first kappa shape index (κ1) is 24.5. The number of amides is 5. The molecular weight excluding hydrogens is 456 g/mol. The summed E-state index contributed by atoms with van der Waals surface area (Å²) in [6.45, 7) is 3.48. The van der Waals surface area contributed by atoms with Gasteiger partial charge in [0.25, 0.3) is 0 Å². The zero-order valence-electron chi connectivity index (χ0n) is 19.7. The lowest BCUT2D eigenvalue weighted by atomic mass is 9.81. The summed E-state index contributed by atoms with van der Waals surface area (Å²) in [7, 11) is 0. The van der Waals surface area contributed by atoms with E-state index in [-0.39, 0.29) is 48.5 Å². The van der Waals surface area contributed by atoms with Crippen molar-refractivity contribution in [2.24, 2.45) is 5.92 Å². The van der Waals surface area contributed by atoms with E-state index in [9.17, 15) is 19.2 Å². The molecule has 0 radical (unpaired) electrons. The second-order valence-corrected chi connectivity index (χ2v) is 10.2. The van der Waals surface area contributed by atoms with E-state index in [2.05, 4.69) is 5.32 Å². The van der Waals surface area contributed by atoms with E-state index in [4.69, 9.17) is 4.74 Å². The minimum absolute atomic E-state index is 0.0408. The van der Waals surface area contributed by atoms with E-state index in [0.717, 1.165) is 30.6 Å². The smallest absolute Gasteiger partial charge is 0.409 e. The van der Waals surface area contributed by atoms with E-state index in [1.807, 2.05) is 17.5 Å². The molecule has 2 aliphatic heterocycles. The second-order valence-electron chi connectivity index (χ2n) is 9.22. The highest BCUT2D eigenvalue weighted by molar-refractivity contribution is 7.09. The maximum absolute atomic E-state index is 13.4. The quantitative estimate of drug-likeness (QED) is 0.634. The van der Waals surface area contributed by atoms with Gasteiger partial charge in [-0.2, -0.15) is 0 Å². The van der Waals surface area contributed by atoms with Gasteiger partial charge in [-0.1, -0.05) is 18.9 Å². The molecule has 9 nitrogen and oxygen atoms in total. The average Bonchev–Trinajstić information content (AvgIpc) is 3.36. The molecule has 1 N–H and O–H groups in total. The van der Waals surface area contributed by atoms with Gasteiger partial charge in [-0.3, -0.25) is 14.5 Å². The van der Waals surface area contributed by atoms with Crippen molar-refractivity contribution in [1.29, 1.82) is 0 Å². The summed E-state index contributed by atoms with van der Waals surface area (Å²) < 4.78 is 5.05. The van der Waals surface area contributed by atoms with Crippen LogP contribution in [0.1, 0.15) is 50.3 Å². The zero-order chi connectivity index (χ0) is 24.1. The minimum Gasteiger partial charge on any atom is -0.450 e. The number of piperidine rings is 1. The highest BCUT2D eigenvalue weighted by atomic mass is 32.1. The molecule has 2 unspecified atom stereocenters. The third-order valence-electron chi connectivity index (χ3n) is 7.05. The zero-order valence-corrected chi connectivity index (χ0v) is 20.6. The number of carbonyl (C=O) groups excluding carboxylic acids is 4. The number of imide groups is 1. The number of fused-ring (bicyclic) bond motifs is 1. The van der Waals surface area contributed by atoms with Crippen molar-refractivity contribution < 1.29 is 23.9 Å². The lowest BCUT2D eigenvalue weighted by Gasteiger charge is -2.46. The van der Waals surface area contributed by atoms with Crippen molar-refractivity contribution in [3.63, 3.8) is 0 Å². The average molecular weight is 491 g/mol. The fourth-order valence-corrected chi connectivity index (χ4v) is 5.98. The third-order valence-corrected chi connectivity index (χ3v) is 7.99. The van der Waals surface area contributed by atoms with Crippen molar-refractivity contribution in [3.8, 4) is 0 Å². The van der Waals surface area contributed by atoms with Gasteiger partial charge in [-0.25, -0.2) is 9.59 Å². The van der Waals surface area contributed by atoms with Gasteiger partial charge in [-0.15, -0.1) is 11.3 Å². The first-order valence-corrected chi connectivity index (χ1v) is 13.2. The largest absolute Gasteiger partial charge is 0.450 e. The van der Waals surface area contributed by atoms with Crippen LogP contribution in [0.25, 0.3) is 0 Å². The summed E-state index contributed by atoms with van der Waals surface area (Å²) >= 11 is 1.61. The lowest BCUT2D eigenvalue weighted by Crippen LogP contribution is -2.64. The molecule has 3 fully saturated rings. The highest BCUT2D eigenvalue weighted by Crippen LogP contribution is 2.34. The molecule has 1 saturated carbocycles. The maximum atomic E-state index is 13.4. The molecule has 0 spiro atoms. The Labute approximate surface area is 204 Å². The standard InChI is InChI=1S/C24H34N4O5S/c1-2-33-24(32)26-12-9-17(10-13-26)25-21(29)16-28-20-8-4-3-7-19(20)22(30)27(23(28)31)14-11-18-6-5-15-34-18/h5-6,15,17,19-20H,2-4,7-14,16H2,1H3,(H,25,29). The van der Waals surface area contributed by atoms with E-state index >= 15 is 0 Å². The first-order valence-electron chi connectivity index (χ1n) is 12.3. The van der Waals surface area contributed by atoms with Crippen molar-refractivity contribution in [3.05, 3.63) is 22.4 Å². The summed E-state index contributed by atoms with van der Waals surface area (Å²) in [5, 5.41) is 5.03. The Morgan fingerprint density at radius 2 is 1.91 bits per heavy atom. The number of carbonyl (C=O) groups is 4. The fraction of sp³-hybridized carbons (Fsp3) is 0.667. The van der Waals surface area contributed by atoms with Gasteiger partial charge in [0.05, 0.1) is 12.5 Å². The molecule has 34 heavy (non-hydrogen) atoms. The molecule has 2 atom stereocenters. The van der Waals surface area contributed by atoms with Gasteiger partial charge in [0, 0.05) is 36.6 Å². The van der Waals surface area contributed by atoms with Gasteiger partial charge < -0.3 is 19.9 Å². The molecular formula is C24H34N4O5S. The van der Waals surface area contributed by atoms with Crippen molar-refractivity contribution in [1.82, 2.24) is 20.0 Å². The van der Waals surface area contributed by atoms with Crippen LogP contribution in [0.2, 0.25) is 0 Å². The molecule has 1 aliphatic carbocycles. The van der Waals surface area contributed by atoms with Crippen LogP contribution in [0.4, 0.5) is 9.59 Å². The number of urea groups is 1. The topological polar surface area (TPSA) is 99.3 Å². The van der Waals surface area contributed by atoms with Crippen LogP contribution in [-0.2, 0) is 20.7 Å². The molecule has 10 heteroatoms. The summed E-state index contributed by atoms with van der Waals surface area (Å²) in [6.07, 6.45) is 5.06. The Balaban J connectivity index is 1.36. The summed E-state index contributed by atoms with van der Waals surface area (Å²) in [5.41, 5.74) is 0. The van der Waals surface area contributed by atoms with Crippen molar-refractivity contribution in [2.45, 2.75) is 64.0 Å². The molecule has 186 valence electrons. The molecule has 2 saturated heterocycles. The molecule has 3 heterocycles. The van der Waals surface area contributed by atoms with Crippen LogP contribution in [0.5, 0.6) is 0 Å². The molecule has 5 amide bonds. The number of thiophene rings is 1. The number of hydrogen-bond donors (Lipinski definition) is 1. The number of rotatable bonds is 7. The van der Waals surface area contributed by atoms with Gasteiger partial charge >= 0.3 is 12.1 Å². The fourth-order valence-electron chi connectivity index (χ4n) is 5.28. The summed E-state index contributed by atoms with van der Waals surface area (Å²) in [4.78, 5) is 57.1. The normalized spacial score (nSPS) is 23.6. The Hall–Kier alpha value is -2.62. The van der Waals surface area contributed by atoms with Crippen molar-refractivity contribution >= 4 is 35.3 Å². The van der Waals surface area contributed by atoms with Crippen LogP contribution in [0.3, 0.4) is 0 Å². The lowest BCUT2D eigenvalue weighted by molar-refractivity contribution is -0.142. The van der Waals surface area contributed by atoms with Crippen LogP contribution in [0.15, 0.2) is 17.5 Å². The molecule has 0 aromatic carbocycles. The Morgan fingerprint density at radius 3 is 2.62 bits per heavy atom. The van der Waals surface area contributed by atoms with Gasteiger partial charge in [-0.05, 0) is 50.5 Å². The number of nitrogens with one attached hydrogen (secondary N) is 1. The number of ether oxygens (including phenoxy) is 1. The van der Waals surface area contributed by atoms with Gasteiger partial charge in [0.1, 0.15) is 6.54 Å². The van der Waals surface area contributed by atoms with E-state index in [1.54, 1.807) is 28.1 Å². The SMILES string of the molecule is CCOC(=O)N1CCC(NC(=O)CN2C(=O)N(CCc3cccs3)C(=O)C3CCCCC32)CC1. The Bertz CT molecular complexity index is 884. The molecule has 1 aromatic heterocycles. The van der Waals surface area contributed by atoms with Crippen LogP contribution in [0, 0.1) is 5.92 Å². The predicted octanol–water partition coefficient (Wildman–Crippen LogP) is 2.85. The summed E-state index contributed by atoms with van der Waals surface area (Å²) in [5.74, 6) is -0.524. The Kier molecular flexibility index (Phi) is 8.07. The van der Waals surface area contributed by atoms with Crippen LogP contribution < -0.4 is 5.32 Å². The number of nitrogens with zero attached hydrogens (tertiary/aromatic N) is 3.